The van der Waals surface area contributed by atoms with Crippen LogP contribution in [-0.2, 0) is 0 Å². The number of aromatic amines is 1. The van der Waals surface area contributed by atoms with Gasteiger partial charge in [0.15, 0.2) is 5.58 Å². The van der Waals surface area contributed by atoms with Crippen LogP contribution in [0.1, 0.15) is 47.7 Å². The maximum atomic E-state index is 13.6. The maximum absolute atomic E-state index is 13.6. The largest absolute Gasteiger partial charge is 0.356 e. The van der Waals surface area contributed by atoms with Crippen LogP contribution in [0.4, 0.5) is 8.78 Å². The smallest absolute Gasteiger partial charge is 0.283 e. The van der Waals surface area contributed by atoms with Crippen molar-refractivity contribution in [2.24, 2.45) is 5.92 Å². The molecule has 1 fully saturated rings. The van der Waals surface area contributed by atoms with E-state index in [1.165, 1.54) is 10.7 Å². The fraction of sp³-hybridized carbons (Fsp3) is 0.214. The van der Waals surface area contributed by atoms with Crippen LogP contribution < -0.4 is 5.56 Å². The Bertz CT molecular complexity index is 2060. The highest BCUT2D eigenvalue weighted by Gasteiger charge is 2.55. The van der Waals surface area contributed by atoms with Crippen molar-refractivity contribution in [2.45, 2.75) is 31.7 Å². The monoisotopic (exact) mass is 572 g/mol. The van der Waals surface area contributed by atoms with Crippen LogP contribution in [0.25, 0.3) is 39.3 Å². The summed E-state index contributed by atoms with van der Waals surface area (Å²) in [5.74, 6) is 1.67. The number of halogens is 3. The first-order valence-corrected chi connectivity index (χ1v) is 13.3. The summed E-state index contributed by atoms with van der Waals surface area (Å²) in [5.41, 5.74) is 3.81. The zero-order chi connectivity index (χ0) is 28.0. The summed E-state index contributed by atoms with van der Waals surface area (Å²) >= 11 is 6.30. The molecule has 0 spiro atoms. The van der Waals surface area contributed by atoms with Gasteiger partial charge >= 0.3 is 0 Å². The Labute approximate surface area is 234 Å². The van der Waals surface area contributed by atoms with Crippen molar-refractivity contribution in [1.82, 2.24) is 39.7 Å². The van der Waals surface area contributed by atoms with Crippen LogP contribution in [0, 0.1) is 12.8 Å². The number of rotatable bonds is 5. The molecule has 2 aromatic carbocycles. The number of fused-ring (bicyclic) bond motifs is 4. The average Bonchev–Trinajstić information content (AvgIpc) is 3.36. The molecule has 1 aliphatic carbocycles. The van der Waals surface area contributed by atoms with Crippen LogP contribution in [0.5, 0.6) is 0 Å². The maximum Gasteiger partial charge on any atom is 0.283 e. The van der Waals surface area contributed by atoms with Gasteiger partial charge in [-0.3, -0.25) is 9.36 Å². The molecule has 8 rings (SSSR count). The quantitative estimate of drug-likeness (QED) is 0.284. The van der Waals surface area contributed by atoms with E-state index < -0.39 is 12.1 Å². The van der Waals surface area contributed by atoms with Crippen molar-refractivity contribution in [3.05, 3.63) is 93.1 Å². The molecule has 10 nitrogen and oxygen atoms in total. The molecule has 1 saturated carbocycles. The highest BCUT2D eigenvalue weighted by molar-refractivity contribution is 6.31. The molecule has 0 saturated heterocycles. The van der Waals surface area contributed by atoms with Gasteiger partial charge in [-0.15, -0.1) is 5.10 Å². The lowest BCUT2D eigenvalue weighted by Gasteiger charge is -2.17. The van der Waals surface area contributed by atoms with Crippen molar-refractivity contribution >= 4 is 22.6 Å². The van der Waals surface area contributed by atoms with E-state index >= 15 is 0 Å². The topological polar surface area (TPSA) is 120 Å². The van der Waals surface area contributed by atoms with E-state index in [2.05, 4.69) is 25.4 Å². The Balaban J connectivity index is 1.18. The Hall–Kier alpha value is -4.71. The molecule has 13 heteroatoms. The number of nitrogens with zero attached hydrogens (tertiary/aromatic N) is 7. The minimum absolute atomic E-state index is 0.118. The first kappa shape index (κ1) is 24.1. The number of imidazole rings is 1. The second-order valence-corrected chi connectivity index (χ2v) is 10.8. The first-order chi connectivity index (χ1) is 19.9. The number of alkyl halides is 2. The van der Waals surface area contributed by atoms with Gasteiger partial charge < -0.3 is 9.51 Å². The number of hydrogen-bond acceptors (Lipinski definition) is 7. The van der Waals surface area contributed by atoms with Gasteiger partial charge in [0, 0.05) is 33.5 Å². The molecule has 1 aliphatic heterocycles. The van der Waals surface area contributed by atoms with Crippen LogP contribution in [0.3, 0.4) is 0 Å². The van der Waals surface area contributed by atoms with Gasteiger partial charge in [-0.2, -0.15) is 0 Å². The van der Waals surface area contributed by atoms with Crippen molar-refractivity contribution < 1.29 is 13.3 Å². The molecule has 1 N–H and O–H groups in total. The number of H-pyrrole nitrogens is 1. The Morgan fingerprint density at radius 2 is 2.05 bits per heavy atom. The Morgan fingerprint density at radius 1 is 1.17 bits per heavy atom. The summed E-state index contributed by atoms with van der Waals surface area (Å²) in [6.07, 6.45) is 1.05. The summed E-state index contributed by atoms with van der Waals surface area (Å²) in [4.78, 5) is 26.5. The van der Waals surface area contributed by atoms with Crippen LogP contribution >= 0.6 is 11.6 Å². The number of benzene rings is 2. The second kappa shape index (κ2) is 8.64. The molecule has 4 aromatic heterocycles. The van der Waals surface area contributed by atoms with Gasteiger partial charge in [-0.05, 0) is 49.6 Å². The standard InChI is InChI=1S/C28H19ClF2N8O2/c1-12-15-4-2-13(6-23(15)41-36-12)27-32-10-20(33-27)25-16-8-17(16)28-34-19(9-24(40)39(25)28)18-7-14(29)3-5-22(18)38-11-21(26(30)31)35-37-38/h2-7,9-11,16-17,25-26H,8H2,1H3,(H,32,33). The number of aromatic nitrogens is 8. The molecular formula is C28H19ClF2N8O2. The van der Waals surface area contributed by atoms with Crippen LogP contribution in [0.15, 0.2) is 64.2 Å². The third-order valence-electron chi connectivity index (χ3n) is 7.89. The van der Waals surface area contributed by atoms with Gasteiger partial charge in [0.25, 0.3) is 12.0 Å². The SMILES string of the molecule is Cc1noc2cc(-c3ncc(C4C5CC5c5nc(-c6cc(Cl)ccc6-n6cc(C(F)F)nn6)cc(=O)n54)[nH]3)ccc12. The van der Waals surface area contributed by atoms with Crippen LogP contribution in [0.2, 0.25) is 5.02 Å². The molecular weight excluding hydrogens is 554 g/mol. The van der Waals surface area contributed by atoms with Crippen LogP contribution in [-0.4, -0.2) is 39.7 Å². The normalized spacial score (nSPS) is 19.2. The van der Waals surface area contributed by atoms with Crippen molar-refractivity contribution in [3.63, 3.8) is 0 Å². The van der Waals surface area contributed by atoms with E-state index in [0.29, 0.717) is 39.2 Å². The fourth-order valence-corrected chi connectivity index (χ4v) is 6.03. The van der Waals surface area contributed by atoms with E-state index in [-0.39, 0.29) is 23.4 Å². The summed E-state index contributed by atoms with van der Waals surface area (Å²) in [7, 11) is 0. The molecule has 0 amide bonds. The van der Waals surface area contributed by atoms with Gasteiger partial charge in [0.05, 0.1) is 41.2 Å². The lowest BCUT2D eigenvalue weighted by molar-refractivity contribution is 0.146. The lowest BCUT2D eigenvalue weighted by atomic mass is 10.1. The predicted molar refractivity (Wildman–Crippen MR) is 144 cm³/mol. The number of hydrogen-bond donors (Lipinski definition) is 1. The predicted octanol–water partition coefficient (Wildman–Crippen LogP) is 5.63. The van der Waals surface area contributed by atoms with Gasteiger partial charge in [-0.25, -0.2) is 23.4 Å². The summed E-state index contributed by atoms with van der Waals surface area (Å²) in [6.45, 7) is 1.89. The van der Waals surface area contributed by atoms with Crippen molar-refractivity contribution in [2.75, 3.05) is 0 Å². The Morgan fingerprint density at radius 3 is 2.88 bits per heavy atom. The lowest BCUT2D eigenvalue weighted by Crippen LogP contribution is -2.27. The zero-order valence-electron chi connectivity index (χ0n) is 21.3. The fourth-order valence-electron chi connectivity index (χ4n) is 5.86. The third-order valence-corrected chi connectivity index (χ3v) is 8.13. The van der Waals surface area contributed by atoms with E-state index in [1.54, 1.807) is 29.0 Å². The molecule has 2 aliphatic rings. The minimum Gasteiger partial charge on any atom is -0.356 e. The molecule has 3 atom stereocenters. The molecule has 0 radical (unpaired) electrons. The van der Waals surface area contributed by atoms with Crippen molar-refractivity contribution in [3.8, 4) is 28.3 Å². The highest BCUT2D eigenvalue weighted by Crippen LogP contribution is 2.60. The molecule has 3 unspecified atom stereocenters. The average molecular weight is 573 g/mol. The number of aryl methyl sites for hydroxylation is 1. The minimum atomic E-state index is -2.76. The zero-order valence-corrected chi connectivity index (χ0v) is 22.0. The summed E-state index contributed by atoms with van der Waals surface area (Å²) in [5, 5.41) is 12.8. The molecule has 6 aromatic rings. The number of nitrogens with one attached hydrogen (secondary N) is 1. The van der Waals surface area contributed by atoms with Gasteiger partial charge in [0.1, 0.15) is 17.3 Å². The molecule has 5 heterocycles. The van der Waals surface area contributed by atoms with E-state index in [0.717, 1.165) is 35.0 Å². The van der Waals surface area contributed by atoms with Crippen molar-refractivity contribution in [1.29, 1.82) is 0 Å². The van der Waals surface area contributed by atoms with Gasteiger partial charge in [0.2, 0.25) is 0 Å². The van der Waals surface area contributed by atoms with Gasteiger partial charge in [-0.1, -0.05) is 28.0 Å². The first-order valence-electron chi connectivity index (χ1n) is 12.9. The molecule has 0 bridgehead atoms. The molecule has 204 valence electrons. The summed E-state index contributed by atoms with van der Waals surface area (Å²) < 4.78 is 34.7. The van der Waals surface area contributed by atoms with E-state index in [9.17, 15) is 13.6 Å². The van der Waals surface area contributed by atoms with E-state index in [4.69, 9.17) is 21.1 Å². The molecule has 41 heavy (non-hydrogen) atoms. The van der Waals surface area contributed by atoms with E-state index in [1.807, 2.05) is 25.1 Å². The Kier molecular flexibility index (Phi) is 5.08. The second-order valence-electron chi connectivity index (χ2n) is 10.4. The highest BCUT2D eigenvalue weighted by atomic mass is 35.5. The summed E-state index contributed by atoms with van der Waals surface area (Å²) in [6, 6.07) is 11.9. The third kappa shape index (κ3) is 3.74.